The van der Waals surface area contributed by atoms with Crippen molar-refractivity contribution in [2.24, 2.45) is 4.99 Å². The Morgan fingerprint density at radius 3 is 2.96 bits per heavy atom. The van der Waals surface area contributed by atoms with Crippen molar-refractivity contribution in [3.8, 4) is 0 Å². The fourth-order valence-corrected chi connectivity index (χ4v) is 3.30. The van der Waals surface area contributed by atoms with Crippen molar-refractivity contribution in [3.63, 3.8) is 0 Å². The normalized spacial score (nSPS) is 19.7. The summed E-state index contributed by atoms with van der Waals surface area (Å²) in [5, 5.41) is 6.75. The molecule has 6 heteroatoms. The van der Waals surface area contributed by atoms with Gasteiger partial charge in [0.25, 0.3) is 0 Å². The maximum absolute atomic E-state index is 5.77. The molecule has 1 saturated heterocycles. The lowest BCUT2D eigenvalue weighted by molar-refractivity contribution is -0.0161. The van der Waals surface area contributed by atoms with Gasteiger partial charge in [0.2, 0.25) is 0 Å². The molecule has 1 aliphatic rings. The van der Waals surface area contributed by atoms with E-state index in [1.54, 1.807) is 18.8 Å². The number of aliphatic imine (C=N–C) groups is 1. The average molecular weight is 337 g/mol. The zero-order valence-corrected chi connectivity index (χ0v) is 15.4. The van der Waals surface area contributed by atoms with Gasteiger partial charge < -0.3 is 20.3 Å². The summed E-state index contributed by atoms with van der Waals surface area (Å²) in [5.74, 6) is 0.814. The number of hydrogen-bond acceptors (Lipinski definition) is 4. The molecule has 1 atom stereocenters. The fourth-order valence-electron chi connectivity index (χ4n) is 2.60. The van der Waals surface area contributed by atoms with Gasteiger partial charge in [-0.15, -0.1) is 11.8 Å². The van der Waals surface area contributed by atoms with Gasteiger partial charge in [-0.3, -0.25) is 4.99 Å². The fraction of sp³-hybridized carbons (Fsp3) is 0.588. The second-order valence-electron chi connectivity index (χ2n) is 5.88. The number of likely N-dealkylation sites (N-methyl/N-ethyl adjacent to an activating group) is 1. The molecule has 5 nitrogen and oxygen atoms in total. The van der Waals surface area contributed by atoms with Crippen LogP contribution in [0.1, 0.15) is 11.1 Å². The van der Waals surface area contributed by atoms with E-state index in [4.69, 9.17) is 4.74 Å². The monoisotopic (exact) mass is 336 g/mol. The highest BCUT2D eigenvalue weighted by Crippen LogP contribution is 2.21. The standard InChI is InChI=1S/C17H28N4OS/c1-13-5-6-14(16(9-13)23-4)10-19-17(18-2)20-11-15-12-21(3)7-8-22-15/h5-6,9,15H,7-8,10-12H2,1-4H3,(H2,18,19,20). The van der Waals surface area contributed by atoms with Gasteiger partial charge in [-0.1, -0.05) is 12.1 Å². The summed E-state index contributed by atoms with van der Waals surface area (Å²) in [7, 11) is 3.93. The molecular formula is C17H28N4OS. The number of aryl methyl sites for hydroxylation is 1. The number of thioether (sulfide) groups is 1. The van der Waals surface area contributed by atoms with E-state index in [0.29, 0.717) is 0 Å². The minimum absolute atomic E-state index is 0.216. The Kier molecular flexibility index (Phi) is 7.20. The Labute approximate surface area is 143 Å². The first-order valence-electron chi connectivity index (χ1n) is 8.00. The molecule has 0 saturated carbocycles. The molecule has 0 aliphatic carbocycles. The largest absolute Gasteiger partial charge is 0.374 e. The van der Waals surface area contributed by atoms with Crippen LogP contribution in [0.25, 0.3) is 0 Å². The first kappa shape index (κ1) is 18.1. The van der Waals surface area contributed by atoms with Gasteiger partial charge in [0, 0.05) is 38.1 Å². The molecule has 1 unspecified atom stereocenters. The van der Waals surface area contributed by atoms with Crippen LogP contribution in [0.2, 0.25) is 0 Å². The summed E-state index contributed by atoms with van der Waals surface area (Å²) in [6.45, 7) is 6.43. The molecule has 1 aromatic rings. The second-order valence-corrected chi connectivity index (χ2v) is 6.73. The van der Waals surface area contributed by atoms with Crippen molar-refractivity contribution in [2.75, 3.05) is 46.6 Å². The van der Waals surface area contributed by atoms with Crippen LogP contribution in [0.4, 0.5) is 0 Å². The van der Waals surface area contributed by atoms with E-state index in [-0.39, 0.29) is 6.10 Å². The lowest BCUT2D eigenvalue weighted by Crippen LogP contribution is -2.48. The topological polar surface area (TPSA) is 48.9 Å². The Balaban J connectivity index is 1.83. The summed E-state index contributed by atoms with van der Waals surface area (Å²) in [5.41, 5.74) is 2.58. The van der Waals surface area contributed by atoms with E-state index < -0.39 is 0 Å². The smallest absolute Gasteiger partial charge is 0.191 e. The molecule has 1 heterocycles. The highest BCUT2D eigenvalue weighted by Gasteiger charge is 2.17. The maximum Gasteiger partial charge on any atom is 0.191 e. The average Bonchev–Trinajstić information content (AvgIpc) is 2.56. The van der Waals surface area contributed by atoms with Crippen molar-refractivity contribution in [3.05, 3.63) is 29.3 Å². The van der Waals surface area contributed by atoms with Crippen molar-refractivity contribution in [2.45, 2.75) is 24.5 Å². The Bertz CT molecular complexity index is 535. The number of nitrogens with zero attached hydrogens (tertiary/aromatic N) is 2. The predicted molar refractivity (Wildman–Crippen MR) is 98.4 cm³/mol. The van der Waals surface area contributed by atoms with Crippen molar-refractivity contribution in [1.82, 2.24) is 15.5 Å². The van der Waals surface area contributed by atoms with E-state index >= 15 is 0 Å². The quantitative estimate of drug-likeness (QED) is 0.487. The first-order chi connectivity index (χ1) is 11.1. The minimum atomic E-state index is 0.216. The van der Waals surface area contributed by atoms with Crippen LogP contribution in [0, 0.1) is 6.92 Å². The Hall–Kier alpha value is -1.24. The van der Waals surface area contributed by atoms with Crippen LogP contribution in [-0.2, 0) is 11.3 Å². The zero-order chi connectivity index (χ0) is 16.7. The number of morpholine rings is 1. The molecule has 2 rings (SSSR count). The van der Waals surface area contributed by atoms with Gasteiger partial charge >= 0.3 is 0 Å². The highest BCUT2D eigenvalue weighted by molar-refractivity contribution is 7.98. The van der Waals surface area contributed by atoms with Crippen molar-refractivity contribution < 1.29 is 4.74 Å². The third kappa shape index (κ3) is 5.71. The molecule has 2 N–H and O–H groups in total. The molecular weight excluding hydrogens is 308 g/mol. The molecule has 1 aliphatic heterocycles. The third-order valence-electron chi connectivity index (χ3n) is 3.95. The number of benzene rings is 1. The molecule has 0 amide bonds. The second kappa shape index (κ2) is 9.15. The van der Waals surface area contributed by atoms with Crippen LogP contribution < -0.4 is 10.6 Å². The number of ether oxygens (including phenoxy) is 1. The Morgan fingerprint density at radius 1 is 1.43 bits per heavy atom. The summed E-state index contributed by atoms with van der Waals surface area (Å²) in [6.07, 6.45) is 2.33. The van der Waals surface area contributed by atoms with Crippen LogP contribution in [-0.4, -0.2) is 63.6 Å². The molecule has 128 valence electrons. The van der Waals surface area contributed by atoms with Gasteiger partial charge in [0.15, 0.2) is 5.96 Å². The molecule has 0 spiro atoms. The lowest BCUT2D eigenvalue weighted by Gasteiger charge is -2.30. The van der Waals surface area contributed by atoms with Crippen LogP contribution in [0.15, 0.2) is 28.1 Å². The molecule has 0 aromatic heterocycles. The molecule has 1 aromatic carbocycles. The van der Waals surface area contributed by atoms with Gasteiger partial charge in [-0.2, -0.15) is 0 Å². The van der Waals surface area contributed by atoms with Gasteiger partial charge in [0.05, 0.1) is 12.7 Å². The third-order valence-corrected chi connectivity index (χ3v) is 4.77. The maximum atomic E-state index is 5.77. The number of hydrogen-bond donors (Lipinski definition) is 2. The van der Waals surface area contributed by atoms with Crippen LogP contribution >= 0.6 is 11.8 Å². The molecule has 23 heavy (non-hydrogen) atoms. The van der Waals surface area contributed by atoms with E-state index in [1.165, 1.54) is 16.0 Å². The van der Waals surface area contributed by atoms with E-state index in [0.717, 1.165) is 38.7 Å². The van der Waals surface area contributed by atoms with Crippen LogP contribution in [0.3, 0.4) is 0 Å². The summed E-state index contributed by atoms with van der Waals surface area (Å²) < 4.78 is 5.77. The molecule has 1 fully saturated rings. The van der Waals surface area contributed by atoms with Crippen LogP contribution in [0.5, 0.6) is 0 Å². The molecule has 0 bridgehead atoms. The summed E-state index contributed by atoms with van der Waals surface area (Å²) in [4.78, 5) is 7.90. The number of nitrogens with one attached hydrogen (secondary N) is 2. The highest BCUT2D eigenvalue weighted by atomic mass is 32.2. The zero-order valence-electron chi connectivity index (χ0n) is 14.6. The number of guanidine groups is 1. The summed E-state index contributed by atoms with van der Waals surface area (Å²) in [6, 6.07) is 6.56. The van der Waals surface area contributed by atoms with E-state index in [9.17, 15) is 0 Å². The predicted octanol–water partition coefficient (Wildman–Crippen LogP) is 1.71. The van der Waals surface area contributed by atoms with Gasteiger partial charge in [-0.05, 0) is 37.4 Å². The van der Waals surface area contributed by atoms with Crippen molar-refractivity contribution >= 4 is 17.7 Å². The Morgan fingerprint density at radius 2 is 2.26 bits per heavy atom. The first-order valence-corrected chi connectivity index (χ1v) is 9.23. The minimum Gasteiger partial charge on any atom is -0.374 e. The summed E-state index contributed by atoms with van der Waals surface area (Å²) >= 11 is 1.78. The molecule has 0 radical (unpaired) electrons. The SMILES string of the molecule is CN=C(NCc1ccc(C)cc1SC)NCC1CN(C)CCO1. The van der Waals surface area contributed by atoms with Gasteiger partial charge in [0.1, 0.15) is 0 Å². The van der Waals surface area contributed by atoms with E-state index in [2.05, 4.69) is 59.0 Å². The van der Waals surface area contributed by atoms with E-state index in [1.807, 2.05) is 0 Å². The van der Waals surface area contributed by atoms with Gasteiger partial charge in [-0.25, -0.2) is 0 Å². The van der Waals surface area contributed by atoms with Crippen molar-refractivity contribution in [1.29, 1.82) is 0 Å². The lowest BCUT2D eigenvalue weighted by atomic mass is 10.1. The number of rotatable bonds is 5.